The lowest BCUT2D eigenvalue weighted by molar-refractivity contribution is 0.404. The molecule has 0 aromatic carbocycles. The van der Waals surface area contributed by atoms with Crippen LogP contribution in [0.3, 0.4) is 0 Å². The fraction of sp³-hybridized carbons (Fsp3) is 0.973. The first-order valence-electron chi connectivity index (χ1n) is 18.1. The standard InChI is InChI=1S/C37H75/c1-4-7-9-11-13-15-17-19-21-23-25-27-29-31-33-35-37(6-3)36-34-32-30-28-26-24-22-20-18-16-14-12-10-8-5-2/h37H,3-36H2,1-2H3. The molecule has 0 N–H and O–H groups in total. The number of unbranched alkanes of at least 4 members (excludes halogenated alkanes) is 28. The van der Waals surface area contributed by atoms with Crippen molar-refractivity contribution in [3.8, 4) is 0 Å². The zero-order valence-corrected chi connectivity index (χ0v) is 26.6. The van der Waals surface area contributed by atoms with Gasteiger partial charge in [0.2, 0.25) is 0 Å². The molecule has 223 valence electrons. The highest BCUT2D eigenvalue weighted by molar-refractivity contribution is 4.62. The highest BCUT2D eigenvalue weighted by atomic mass is 14.1. The molecule has 0 aliphatic heterocycles. The average molecular weight is 520 g/mol. The van der Waals surface area contributed by atoms with Crippen LogP contribution in [0.4, 0.5) is 0 Å². The van der Waals surface area contributed by atoms with E-state index < -0.39 is 0 Å². The highest BCUT2D eigenvalue weighted by Crippen LogP contribution is 2.22. The third-order valence-electron chi connectivity index (χ3n) is 8.84. The molecule has 0 unspecified atom stereocenters. The van der Waals surface area contributed by atoms with E-state index >= 15 is 0 Å². The van der Waals surface area contributed by atoms with Crippen molar-refractivity contribution in [2.24, 2.45) is 5.92 Å². The van der Waals surface area contributed by atoms with Gasteiger partial charge in [-0.2, -0.15) is 0 Å². The smallest absolute Gasteiger partial charge is 0.0414 e. The van der Waals surface area contributed by atoms with E-state index in [1.807, 2.05) is 0 Å². The quantitative estimate of drug-likeness (QED) is 0.0756. The molecule has 0 nitrogen and oxygen atoms in total. The molecule has 0 spiro atoms. The molecule has 0 aromatic heterocycles. The van der Waals surface area contributed by atoms with Gasteiger partial charge in [-0.1, -0.05) is 233 Å². The van der Waals surface area contributed by atoms with E-state index in [0.29, 0.717) is 0 Å². The Labute approximate surface area is 238 Å². The average Bonchev–Trinajstić information content (AvgIpc) is 2.91. The molecule has 0 fully saturated rings. The first-order chi connectivity index (χ1) is 18.3. The third-order valence-corrected chi connectivity index (χ3v) is 8.84. The molecule has 0 aliphatic rings. The van der Waals surface area contributed by atoms with Crippen LogP contribution < -0.4 is 0 Å². The molecule has 0 saturated heterocycles. The highest BCUT2D eigenvalue weighted by Gasteiger charge is 2.06. The van der Waals surface area contributed by atoms with E-state index in [1.165, 1.54) is 205 Å². The summed E-state index contributed by atoms with van der Waals surface area (Å²) in [5.41, 5.74) is 0. The number of rotatable bonds is 33. The van der Waals surface area contributed by atoms with E-state index in [2.05, 4.69) is 20.8 Å². The Bertz CT molecular complexity index is 338. The molecule has 0 heterocycles. The summed E-state index contributed by atoms with van der Waals surface area (Å²) in [5.74, 6) is 0.906. The van der Waals surface area contributed by atoms with Crippen LogP contribution in [-0.2, 0) is 0 Å². The van der Waals surface area contributed by atoms with Crippen LogP contribution in [0.2, 0.25) is 0 Å². The van der Waals surface area contributed by atoms with E-state index in [1.54, 1.807) is 0 Å². The Balaban J connectivity index is 3.25. The zero-order valence-electron chi connectivity index (χ0n) is 26.6. The molecular formula is C37H75. The van der Waals surface area contributed by atoms with Crippen LogP contribution in [0.1, 0.15) is 226 Å². The van der Waals surface area contributed by atoms with Gasteiger partial charge >= 0.3 is 0 Å². The summed E-state index contributed by atoms with van der Waals surface area (Å²) in [5, 5.41) is 0. The van der Waals surface area contributed by atoms with Crippen LogP contribution in [0, 0.1) is 12.8 Å². The van der Waals surface area contributed by atoms with Gasteiger partial charge in [0.25, 0.3) is 0 Å². The summed E-state index contributed by atoms with van der Waals surface area (Å²) in [4.78, 5) is 0. The fourth-order valence-electron chi connectivity index (χ4n) is 6.04. The molecule has 1 radical (unpaired) electrons. The van der Waals surface area contributed by atoms with Gasteiger partial charge in [0.1, 0.15) is 0 Å². The van der Waals surface area contributed by atoms with Gasteiger partial charge in [0.05, 0.1) is 0 Å². The molecule has 0 aliphatic carbocycles. The van der Waals surface area contributed by atoms with Crippen molar-refractivity contribution >= 4 is 0 Å². The molecule has 0 heteroatoms. The second-order valence-corrected chi connectivity index (χ2v) is 12.6. The van der Waals surface area contributed by atoms with Gasteiger partial charge in [0, 0.05) is 0 Å². The summed E-state index contributed by atoms with van der Waals surface area (Å²) in [6.45, 7) is 8.88. The Hall–Kier alpha value is 0. The number of hydrogen-bond acceptors (Lipinski definition) is 0. The molecule has 0 amide bonds. The Morgan fingerprint density at radius 1 is 0.297 bits per heavy atom. The van der Waals surface area contributed by atoms with Crippen molar-refractivity contribution in [3.05, 3.63) is 6.92 Å². The van der Waals surface area contributed by atoms with E-state index in [0.717, 1.165) is 12.3 Å². The third kappa shape index (κ3) is 32.1. The lowest BCUT2D eigenvalue weighted by Crippen LogP contribution is -1.99. The Kier molecular flexibility index (Phi) is 34.0. The van der Waals surface area contributed by atoms with Crippen molar-refractivity contribution in [1.82, 2.24) is 0 Å². The van der Waals surface area contributed by atoms with E-state index in [4.69, 9.17) is 0 Å². The second-order valence-electron chi connectivity index (χ2n) is 12.6. The largest absolute Gasteiger partial charge is 0.0654 e. The molecule has 0 atom stereocenters. The Morgan fingerprint density at radius 2 is 0.486 bits per heavy atom. The number of hydrogen-bond donors (Lipinski definition) is 0. The minimum atomic E-state index is 0.906. The van der Waals surface area contributed by atoms with E-state index in [-0.39, 0.29) is 0 Å². The van der Waals surface area contributed by atoms with Gasteiger partial charge < -0.3 is 0 Å². The van der Waals surface area contributed by atoms with Crippen molar-refractivity contribution < 1.29 is 0 Å². The molecular weight excluding hydrogens is 444 g/mol. The maximum atomic E-state index is 4.26. The predicted molar refractivity (Wildman–Crippen MR) is 173 cm³/mol. The van der Waals surface area contributed by atoms with Crippen LogP contribution in [0.15, 0.2) is 0 Å². The first-order valence-corrected chi connectivity index (χ1v) is 18.1. The van der Waals surface area contributed by atoms with Crippen molar-refractivity contribution in [2.45, 2.75) is 226 Å². The summed E-state index contributed by atoms with van der Waals surface area (Å²) in [6.07, 6.45) is 48.0. The van der Waals surface area contributed by atoms with Crippen LogP contribution >= 0.6 is 0 Å². The molecule has 0 saturated carbocycles. The minimum Gasteiger partial charge on any atom is -0.0654 e. The summed E-state index contributed by atoms with van der Waals surface area (Å²) in [6, 6.07) is 0. The lowest BCUT2D eigenvalue weighted by Gasteiger charge is -2.14. The predicted octanol–water partition coefficient (Wildman–Crippen LogP) is 14.3. The van der Waals surface area contributed by atoms with Gasteiger partial charge in [-0.3, -0.25) is 0 Å². The zero-order chi connectivity index (χ0) is 26.9. The SMILES string of the molecule is [CH2]CC(CCCCCCCCCCCCCCCCC)CCCCCCCCCCCCCCCCC. The topological polar surface area (TPSA) is 0 Å². The molecule has 0 aromatic rings. The van der Waals surface area contributed by atoms with Gasteiger partial charge in [-0.05, 0) is 5.92 Å². The van der Waals surface area contributed by atoms with Gasteiger partial charge in [-0.15, -0.1) is 0 Å². The maximum absolute atomic E-state index is 4.26. The lowest BCUT2D eigenvalue weighted by atomic mass is 9.92. The van der Waals surface area contributed by atoms with Crippen molar-refractivity contribution in [2.75, 3.05) is 0 Å². The van der Waals surface area contributed by atoms with E-state index in [9.17, 15) is 0 Å². The van der Waals surface area contributed by atoms with Crippen LogP contribution in [-0.4, -0.2) is 0 Å². The van der Waals surface area contributed by atoms with Crippen molar-refractivity contribution in [3.63, 3.8) is 0 Å². The second kappa shape index (κ2) is 34.0. The van der Waals surface area contributed by atoms with Crippen LogP contribution in [0.5, 0.6) is 0 Å². The summed E-state index contributed by atoms with van der Waals surface area (Å²) >= 11 is 0. The fourth-order valence-corrected chi connectivity index (χ4v) is 6.04. The molecule has 0 bridgehead atoms. The van der Waals surface area contributed by atoms with Gasteiger partial charge in [-0.25, -0.2) is 0 Å². The normalized spacial score (nSPS) is 11.7. The van der Waals surface area contributed by atoms with Crippen molar-refractivity contribution in [1.29, 1.82) is 0 Å². The minimum absolute atomic E-state index is 0.906. The van der Waals surface area contributed by atoms with Crippen LogP contribution in [0.25, 0.3) is 0 Å². The molecule has 37 heavy (non-hydrogen) atoms. The Morgan fingerprint density at radius 3 is 0.676 bits per heavy atom. The summed E-state index contributed by atoms with van der Waals surface area (Å²) < 4.78 is 0. The first kappa shape index (κ1) is 37.0. The monoisotopic (exact) mass is 520 g/mol. The summed E-state index contributed by atoms with van der Waals surface area (Å²) in [7, 11) is 0. The maximum Gasteiger partial charge on any atom is -0.0414 e. The van der Waals surface area contributed by atoms with Gasteiger partial charge in [0.15, 0.2) is 0 Å². The molecule has 0 rings (SSSR count).